The lowest BCUT2D eigenvalue weighted by molar-refractivity contribution is -0.133. The van der Waals surface area contributed by atoms with E-state index in [-0.39, 0.29) is 61.7 Å². The number of fused-ring (bicyclic) bond motifs is 1. The van der Waals surface area contributed by atoms with Crippen molar-refractivity contribution in [3.05, 3.63) is 41.5 Å². The van der Waals surface area contributed by atoms with Gasteiger partial charge < -0.3 is 19.9 Å². The molecule has 0 aliphatic heterocycles. The maximum Gasteiger partial charge on any atom is 0.267 e. The Morgan fingerprint density at radius 2 is 2.09 bits per heavy atom. The summed E-state index contributed by atoms with van der Waals surface area (Å²) in [6.07, 6.45) is 3.95. The molecule has 0 unspecified atom stereocenters. The molecule has 1 saturated carbocycles. The summed E-state index contributed by atoms with van der Waals surface area (Å²) in [6, 6.07) is 1.75. The van der Waals surface area contributed by atoms with Gasteiger partial charge in [-0.3, -0.25) is 9.59 Å². The molecular formula is C21H24F2N6O4. The molecule has 0 atom stereocenters. The zero-order chi connectivity index (χ0) is 23.6. The topological polar surface area (TPSA) is 124 Å². The predicted octanol–water partition coefficient (Wildman–Crippen LogP) is 2.49. The Morgan fingerprint density at radius 1 is 1.30 bits per heavy atom. The SMILES string of the molecule is CC(C)Oc1nocc1C(=O)NCc1cn2ncc(CNC(=O)CC3CC(F)(F)C3)cc2n1. The third-order valence-corrected chi connectivity index (χ3v) is 5.12. The van der Waals surface area contributed by atoms with E-state index in [1.165, 1.54) is 6.26 Å². The fraction of sp³-hybridized carbons (Fsp3) is 0.476. The quantitative estimate of drug-likeness (QED) is 0.501. The molecule has 12 heteroatoms. The minimum absolute atomic E-state index is 0.0919. The number of nitrogens with zero attached hydrogens (tertiary/aromatic N) is 4. The van der Waals surface area contributed by atoms with E-state index in [4.69, 9.17) is 9.26 Å². The number of halogens is 2. The minimum atomic E-state index is -2.63. The van der Waals surface area contributed by atoms with Crippen LogP contribution in [0, 0.1) is 5.92 Å². The van der Waals surface area contributed by atoms with Gasteiger partial charge in [0.15, 0.2) is 5.65 Å². The van der Waals surface area contributed by atoms with E-state index in [2.05, 4.69) is 25.9 Å². The second-order valence-corrected chi connectivity index (χ2v) is 8.39. The predicted molar refractivity (Wildman–Crippen MR) is 111 cm³/mol. The van der Waals surface area contributed by atoms with Gasteiger partial charge >= 0.3 is 0 Å². The Hall–Kier alpha value is -3.57. The molecule has 3 aromatic rings. The number of ether oxygens (including phenoxy) is 1. The first-order valence-electron chi connectivity index (χ1n) is 10.6. The van der Waals surface area contributed by atoms with E-state index in [0.717, 1.165) is 5.56 Å². The van der Waals surface area contributed by atoms with Gasteiger partial charge in [-0.2, -0.15) is 5.10 Å². The van der Waals surface area contributed by atoms with Crippen molar-refractivity contribution in [1.82, 2.24) is 30.4 Å². The van der Waals surface area contributed by atoms with Crippen LogP contribution in [-0.4, -0.2) is 43.6 Å². The van der Waals surface area contributed by atoms with Gasteiger partial charge in [0.05, 0.1) is 30.7 Å². The number of rotatable bonds is 9. The van der Waals surface area contributed by atoms with Crippen LogP contribution in [0.4, 0.5) is 8.78 Å². The van der Waals surface area contributed by atoms with Gasteiger partial charge in [-0.15, -0.1) is 0 Å². The largest absolute Gasteiger partial charge is 0.472 e. The normalized spacial score (nSPS) is 15.4. The number of hydrogen-bond acceptors (Lipinski definition) is 7. The summed E-state index contributed by atoms with van der Waals surface area (Å²) < 4.78 is 37.6. The third-order valence-electron chi connectivity index (χ3n) is 5.12. The molecule has 1 aliphatic carbocycles. The van der Waals surface area contributed by atoms with Crippen LogP contribution in [-0.2, 0) is 17.9 Å². The van der Waals surface area contributed by atoms with Crippen molar-refractivity contribution in [3.63, 3.8) is 0 Å². The number of nitrogens with one attached hydrogen (secondary N) is 2. The van der Waals surface area contributed by atoms with Crippen molar-refractivity contribution in [3.8, 4) is 5.88 Å². The van der Waals surface area contributed by atoms with Gasteiger partial charge in [0.25, 0.3) is 11.8 Å². The smallest absolute Gasteiger partial charge is 0.267 e. The summed E-state index contributed by atoms with van der Waals surface area (Å²) >= 11 is 0. The molecule has 3 aromatic heterocycles. The summed E-state index contributed by atoms with van der Waals surface area (Å²) in [5.41, 5.74) is 2.02. The van der Waals surface area contributed by atoms with Crippen molar-refractivity contribution in [1.29, 1.82) is 0 Å². The Kier molecular flexibility index (Phi) is 6.25. The van der Waals surface area contributed by atoms with Crippen LogP contribution < -0.4 is 15.4 Å². The molecule has 1 aliphatic rings. The average molecular weight is 462 g/mol. The average Bonchev–Trinajstić information content (AvgIpc) is 3.34. The number of imidazole rings is 1. The van der Waals surface area contributed by atoms with Crippen LogP contribution in [0.2, 0.25) is 0 Å². The fourth-order valence-electron chi connectivity index (χ4n) is 3.56. The number of amides is 2. The first-order valence-corrected chi connectivity index (χ1v) is 10.6. The molecule has 0 aromatic carbocycles. The monoisotopic (exact) mass is 462 g/mol. The lowest BCUT2D eigenvalue weighted by atomic mass is 9.79. The first-order chi connectivity index (χ1) is 15.7. The number of alkyl halides is 2. The summed E-state index contributed by atoms with van der Waals surface area (Å²) in [4.78, 5) is 28.8. The van der Waals surface area contributed by atoms with E-state index in [1.807, 2.05) is 13.8 Å². The maximum absolute atomic E-state index is 12.9. The van der Waals surface area contributed by atoms with E-state index in [1.54, 1.807) is 23.0 Å². The summed E-state index contributed by atoms with van der Waals surface area (Å²) in [7, 11) is 0. The summed E-state index contributed by atoms with van der Waals surface area (Å²) in [6.45, 7) is 3.99. The molecule has 10 nitrogen and oxygen atoms in total. The third kappa shape index (κ3) is 5.62. The lowest BCUT2D eigenvalue weighted by Crippen LogP contribution is -2.38. The molecule has 4 rings (SSSR count). The van der Waals surface area contributed by atoms with Crippen molar-refractivity contribution >= 4 is 17.5 Å². The number of carbonyl (C=O) groups is 2. The van der Waals surface area contributed by atoms with Gasteiger partial charge in [-0.25, -0.2) is 18.3 Å². The fourth-order valence-corrected chi connectivity index (χ4v) is 3.56. The number of hydrogen-bond donors (Lipinski definition) is 2. The molecule has 2 amide bonds. The highest BCUT2D eigenvalue weighted by Gasteiger charge is 2.45. The van der Waals surface area contributed by atoms with E-state index < -0.39 is 11.8 Å². The molecule has 0 saturated heterocycles. The van der Waals surface area contributed by atoms with Gasteiger partial charge in [0, 0.05) is 25.8 Å². The number of aromatic nitrogens is 4. The molecule has 1 fully saturated rings. The van der Waals surface area contributed by atoms with Gasteiger partial charge in [-0.05, 0) is 36.6 Å². The highest BCUT2D eigenvalue weighted by atomic mass is 19.3. The molecule has 0 spiro atoms. The highest BCUT2D eigenvalue weighted by molar-refractivity contribution is 5.95. The van der Waals surface area contributed by atoms with Gasteiger partial charge in [-0.1, -0.05) is 0 Å². The van der Waals surface area contributed by atoms with Gasteiger partial charge in [0.2, 0.25) is 11.8 Å². The summed E-state index contributed by atoms with van der Waals surface area (Å²) in [5, 5.41) is 13.4. The molecule has 176 valence electrons. The van der Waals surface area contributed by atoms with Crippen molar-refractivity contribution < 1.29 is 27.6 Å². The second kappa shape index (κ2) is 9.12. The molecule has 2 N–H and O–H groups in total. The zero-order valence-corrected chi connectivity index (χ0v) is 18.2. The Labute approximate surface area is 187 Å². The van der Waals surface area contributed by atoms with Crippen molar-refractivity contribution in [2.24, 2.45) is 5.92 Å². The van der Waals surface area contributed by atoms with Crippen LogP contribution >= 0.6 is 0 Å². The molecular weight excluding hydrogens is 438 g/mol. The lowest BCUT2D eigenvalue weighted by Gasteiger charge is -2.34. The summed E-state index contributed by atoms with van der Waals surface area (Å²) in [5.74, 6) is -3.45. The van der Waals surface area contributed by atoms with E-state index >= 15 is 0 Å². The van der Waals surface area contributed by atoms with Crippen LogP contribution in [0.5, 0.6) is 5.88 Å². The van der Waals surface area contributed by atoms with Crippen LogP contribution in [0.15, 0.2) is 29.2 Å². The van der Waals surface area contributed by atoms with Crippen molar-refractivity contribution in [2.45, 2.75) is 58.2 Å². The standard InChI is InChI=1S/C21H24F2N6O4/c1-12(2)33-20-16(11-32-28-20)19(31)25-9-15-10-29-17(27-15)3-14(8-26-29)7-24-18(30)4-13-5-21(22,23)6-13/h3,8,10-13H,4-7,9H2,1-2H3,(H,24,30)(H,25,31). The van der Waals surface area contributed by atoms with Gasteiger partial charge in [0.1, 0.15) is 11.8 Å². The molecule has 0 bridgehead atoms. The zero-order valence-electron chi connectivity index (χ0n) is 18.2. The first kappa shape index (κ1) is 22.6. The second-order valence-electron chi connectivity index (χ2n) is 8.39. The highest BCUT2D eigenvalue weighted by Crippen LogP contribution is 2.43. The van der Waals surface area contributed by atoms with Crippen LogP contribution in [0.1, 0.15) is 54.7 Å². The van der Waals surface area contributed by atoms with E-state index in [9.17, 15) is 18.4 Å². The van der Waals surface area contributed by atoms with Crippen LogP contribution in [0.25, 0.3) is 5.65 Å². The molecule has 0 radical (unpaired) electrons. The van der Waals surface area contributed by atoms with Crippen molar-refractivity contribution in [2.75, 3.05) is 0 Å². The Balaban J connectivity index is 1.30. The maximum atomic E-state index is 12.9. The Morgan fingerprint density at radius 3 is 2.82 bits per heavy atom. The number of carbonyl (C=O) groups excluding carboxylic acids is 2. The van der Waals surface area contributed by atoms with Crippen LogP contribution in [0.3, 0.4) is 0 Å². The molecule has 3 heterocycles. The molecule has 33 heavy (non-hydrogen) atoms. The minimum Gasteiger partial charge on any atom is -0.472 e. The van der Waals surface area contributed by atoms with E-state index in [0.29, 0.717) is 11.3 Å². The Bertz CT molecular complexity index is 1150.